The number of aromatic amines is 1. The van der Waals surface area contributed by atoms with Gasteiger partial charge in [-0.1, -0.05) is 0 Å². The third-order valence-corrected chi connectivity index (χ3v) is 6.35. The Labute approximate surface area is 216 Å². The molecule has 0 bridgehead atoms. The Balaban J connectivity index is 1.30. The van der Waals surface area contributed by atoms with Crippen molar-refractivity contribution in [3.05, 3.63) is 40.1 Å². The number of piperidine rings is 1. The fourth-order valence-electron chi connectivity index (χ4n) is 4.50. The van der Waals surface area contributed by atoms with Crippen molar-refractivity contribution in [1.29, 1.82) is 0 Å². The van der Waals surface area contributed by atoms with Crippen LogP contribution >= 0.6 is 0 Å². The molecule has 2 aliphatic rings. The monoisotopic (exact) mass is 566 g/mol. The Morgan fingerprint density at radius 2 is 1.77 bits per heavy atom. The first-order valence-electron chi connectivity index (χ1n) is 11.8. The van der Waals surface area contributed by atoms with Crippen molar-refractivity contribution in [2.45, 2.75) is 56.5 Å². The Kier molecular flexibility index (Phi) is 8.02. The number of anilines is 1. The molecule has 214 valence electrons. The Bertz CT molecular complexity index is 1220. The second kappa shape index (κ2) is 11.0. The number of aromatic nitrogens is 4. The van der Waals surface area contributed by atoms with Crippen LogP contribution in [0.5, 0.6) is 5.75 Å². The summed E-state index contributed by atoms with van der Waals surface area (Å²) < 4.78 is 88.6. The summed E-state index contributed by atoms with van der Waals surface area (Å²) in [5.74, 6) is -1.17. The maximum Gasteiger partial charge on any atom is 0.425 e. The number of hydrogen-bond donors (Lipinski definition) is 2. The van der Waals surface area contributed by atoms with Crippen LogP contribution in [0.3, 0.4) is 0 Å². The second-order valence-electron chi connectivity index (χ2n) is 9.15. The van der Waals surface area contributed by atoms with E-state index in [2.05, 4.69) is 15.1 Å². The van der Waals surface area contributed by atoms with Crippen LogP contribution in [0.15, 0.2) is 23.4 Å². The number of halogens is 6. The first-order chi connectivity index (χ1) is 18.3. The Morgan fingerprint density at radius 3 is 2.38 bits per heavy atom. The van der Waals surface area contributed by atoms with Crippen LogP contribution in [-0.2, 0) is 21.9 Å². The third-order valence-electron chi connectivity index (χ3n) is 6.35. The highest BCUT2D eigenvalue weighted by Gasteiger charge is 2.42. The third kappa shape index (κ3) is 6.41. The van der Waals surface area contributed by atoms with E-state index in [4.69, 9.17) is 9.47 Å². The number of alkyl halides is 6. The van der Waals surface area contributed by atoms with E-state index in [9.17, 15) is 41.0 Å². The van der Waals surface area contributed by atoms with Gasteiger partial charge in [0, 0.05) is 38.4 Å². The van der Waals surface area contributed by atoms with Gasteiger partial charge >= 0.3 is 12.4 Å². The minimum atomic E-state index is -4.97. The van der Waals surface area contributed by atoms with Crippen LogP contribution in [0.1, 0.15) is 30.9 Å². The standard InChI is InChI=1S/C22H24F6N6O5/c1-11(39-16-8-31-32-18(36)17(16)22(26,27)28)10-38-15-3-5-34(19(15)37)13-2-4-33(9-14(13)35)20-29-6-12(7-30-20)21(23,24)25/h6-8,11,13-15,35H,2-5,9-10H2,1H3,(H,32,36)/t11-,13?,14?,15?/m0/s1. The molecule has 2 aromatic rings. The Morgan fingerprint density at radius 1 is 1.08 bits per heavy atom. The molecule has 39 heavy (non-hydrogen) atoms. The van der Waals surface area contributed by atoms with Crippen LogP contribution in [0.25, 0.3) is 0 Å². The molecule has 0 spiro atoms. The van der Waals surface area contributed by atoms with Crippen LogP contribution < -0.4 is 15.2 Å². The van der Waals surface area contributed by atoms with Crippen molar-refractivity contribution in [2.75, 3.05) is 31.1 Å². The zero-order chi connectivity index (χ0) is 28.5. The number of rotatable bonds is 7. The molecule has 1 amide bonds. The summed E-state index contributed by atoms with van der Waals surface area (Å²) in [5, 5.41) is 15.7. The van der Waals surface area contributed by atoms with E-state index in [1.54, 1.807) is 5.10 Å². The largest absolute Gasteiger partial charge is 0.486 e. The molecule has 3 unspecified atom stereocenters. The highest BCUT2D eigenvalue weighted by molar-refractivity contribution is 5.83. The molecule has 4 atom stereocenters. The number of ether oxygens (including phenoxy) is 2. The fourth-order valence-corrected chi connectivity index (χ4v) is 4.50. The maximum absolute atomic E-state index is 13.2. The minimum Gasteiger partial charge on any atom is -0.486 e. The maximum atomic E-state index is 13.2. The van der Waals surface area contributed by atoms with Gasteiger partial charge in [0.1, 0.15) is 12.2 Å². The highest BCUT2D eigenvalue weighted by Crippen LogP contribution is 2.33. The number of hydrogen-bond acceptors (Lipinski definition) is 9. The van der Waals surface area contributed by atoms with Gasteiger partial charge in [-0.05, 0) is 13.3 Å². The smallest absolute Gasteiger partial charge is 0.425 e. The lowest BCUT2D eigenvalue weighted by molar-refractivity contribution is -0.143. The van der Waals surface area contributed by atoms with E-state index in [-0.39, 0.29) is 38.6 Å². The van der Waals surface area contributed by atoms with Crippen molar-refractivity contribution >= 4 is 11.9 Å². The van der Waals surface area contributed by atoms with E-state index in [0.29, 0.717) is 18.8 Å². The molecular weight excluding hydrogens is 542 g/mol. The quantitative estimate of drug-likeness (QED) is 0.480. The highest BCUT2D eigenvalue weighted by atomic mass is 19.4. The van der Waals surface area contributed by atoms with E-state index in [1.165, 1.54) is 16.7 Å². The Hall–Kier alpha value is -3.47. The molecule has 2 fully saturated rings. The van der Waals surface area contributed by atoms with Gasteiger partial charge in [-0.2, -0.15) is 31.4 Å². The van der Waals surface area contributed by atoms with E-state index in [1.807, 2.05) is 0 Å². The van der Waals surface area contributed by atoms with Crippen molar-refractivity contribution in [3.63, 3.8) is 0 Å². The molecular formula is C22H24F6N6O5. The second-order valence-corrected chi connectivity index (χ2v) is 9.15. The van der Waals surface area contributed by atoms with Crippen LogP contribution in [-0.4, -0.2) is 86.7 Å². The number of carbonyl (C=O) groups excluding carboxylic acids is 1. The van der Waals surface area contributed by atoms with Gasteiger partial charge in [0.2, 0.25) is 5.95 Å². The van der Waals surface area contributed by atoms with Gasteiger partial charge in [-0.25, -0.2) is 15.1 Å². The zero-order valence-electron chi connectivity index (χ0n) is 20.4. The predicted molar refractivity (Wildman–Crippen MR) is 120 cm³/mol. The van der Waals surface area contributed by atoms with Crippen LogP contribution in [0, 0.1) is 0 Å². The van der Waals surface area contributed by atoms with Gasteiger partial charge in [0.05, 0.1) is 30.5 Å². The number of amides is 1. The average Bonchev–Trinajstić information content (AvgIpc) is 3.21. The first kappa shape index (κ1) is 28.5. The first-order valence-corrected chi connectivity index (χ1v) is 11.8. The van der Waals surface area contributed by atoms with Crippen molar-refractivity contribution in [1.82, 2.24) is 25.1 Å². The van der Waals surface area contributed by atoms with E-state index < -0.39 is 65.0 Å². The number of β-amino-alcohol motifs (C(OH)–C–C–N with tert-alkyl or cyclic N) is 1. The summed E-state index contributed by atoms with van der Waals surface area (Å²) in [5.41, 5.74) is -3.98. The summed E-state index contributed by atoms with van der Waals surface area (Å²) in [6, 6.07) is -0.582. The number of nitrogens with zero attached hydrogens (tertiary/aromatic N) is 5. The topological polar surface area (TPSA) is 134 Å². The van der Waals surface area contributed by atoms with Crippen molar-refractivity contribution < 1.29 is 45.7 Å². The molecule has 11 nitrogen and oxygen atoms in total. The van der Waals surface area contributed by atoms with E-state index in [0.717, 1.165) is 6.20 Å². The van der Waals surface area contributed by atoms with Crippen LogP contribution in [0.4, 0.5) is 32.3 Å². The van der Waals surface area contributed by atoms with Gasteiger partial charge in [0.15, 0.2) is 11.3 Å². The lowest BCUT2D eigenvalue weighted by Gasteiger charge is -2.40. The summed E-state index contributed by atoms with van der Waals surface area (Å²) >= 11 is 0. The molecule has 2 aliphatic heterocycles. The molecule has 0 radical (unpaired) electrons. The summed E-state index contributed by atoms with van der Waals surface area (Å²) in [4.78, 5) is 34.9. The average molecular weight is 566 g/mol. The summed E-state index contributed by atoms with van der Waals surface area (Å²) in [7, 11) is 0. The van der Waals surface area contributed by atoms with Crippen molar-refractivity contribution in [2.24, 2.45) is 0 Å². The van der Waals surface area contributed by atoms with Gasteiger partial charge in [-0.15, -0.1) is 0 Å². The molecule has 2 saturated heterocycles. The molecule has 4 heterocycles. The SMILES string of the molecule is C[C@@H](COC1CCN(C2CCN(c3ncc(C(F)(F)F)cn3)CC2O)C1=O)Oc1cn[nH]c(=O)c1C(F)(F)F. The molecule has 0 aliphatic carbocycles. The lowest BCUT2D eigenvalue weighted by atomic mass is 10.0. The fraction of sp³-hybridized carbons (Fsp3) is 0.591. The normalized spacial score (nSPS) is 23.3. The zero-order valence-corrected chi connectivity index (χ0v) is 20.4. The summed E-state index contributed by atoms with van der Waals surface area (Å²) in [6.07, 6.45) is -9.86. The minimum absolute atomic E-state index is 0.0119. The lowest BCUT2D eigenvalue weighted by Crippen LogP contribution is -2.55. The van der Waals surface area contributed by atoms with Gasteiger partial charge in [-0.3, -0.25) is 9.59 Å². The van der Waals surface area contributed by atoms with Gasteiger partial charge in [0.25, 0.3) is 11.5 Å². The molecule has 4 rings (SSSR count). The molecule has 0 aromatic carbocycles. The predicted octanol–water partition coefficient (Wildman–Crippen LogP) is 1.62. The number of likely N-dealkylation sites (tertiary alicyclic amines) is 1. The number of H-pyrrole nitrogens is 1. The molecule has 17 heteroatoms. The van der Waals surface area contributed by atoms with Gasteiger partial charge < -0.3 is 24.4 Å². The number of carbonyl (C=O) groups is 1. The molecule has 0 saturated carbocycles. The number of aliphatic hydroxyl groups is 1. The number of aliphatic hydroxyl groups excluding tert-OH is 1. The molecule has 2 aromatic heterocycles. The summed E-state index contributed by atoms with van der Waals surface area (Å²) in [6.45, 7) is 1.66. The number of nitrogens with one attached hydrogen (secondary N) is 1. The van der Waals surface area contributed by atoms with Crippen molar-refractivity contribution in [3.8, 4) is 5.75 Å². The van der Waals surface area contributed by atoms with E-state index >= 15 is 0 Å². The molecule has 2 N–H and O–H groups in total. The van der Waals surface area contributed by atoms with Crippen LogP contribution in [0.2, 0.25) is 0 Å².